The van der Waals surface area contributed by atoms with Crippen molar-refractivity contribution in [2.24, 2.45) is 0 Å². The van der Waals surface area contributed by atoms with Crippen LogP contribution in [0.5, 0.6) is 11.5 Å². The van der Waals surface area contributed by atoms with Gasteiger partial charge in [0.15, 0.2) is 5.58 Å². The summed E-state index contributed by atoms with van der Waals surface area (Å²) in [6.45, 7) is 5.79. The van der Waals surface area contributed by atoms with Crippen LogP contribution in [0.2, 0.25) is 0 Å². The average Bonchev–Trinajstić information content (AvgIpc) is 3.49. The van der Waals surface area contributed by atoms with Crippen LogP contribution in [0.25, 0.3) is 33.6 Å². The van der Waals surface area contributed by atoms with Gasteiger partial charge in [0.05, 0.1) is 62.9 Å². The third kappa shape index (κ3) is 6.38. The second-order valence-electron chi connectivity index (χ2n) is 11.7. The van der Waals surface area contributed by atoms with Gasteiger partial charge in [0.25, 0.3) is 5.91 Å². The number of nitriles is 1. The smallest absolute Gasteiger partial charge is 0.254 e. The molecule has 0 bridgehead atoms. The molecule has 2 aliphatic heterocycles. The van der Waals surface area contributed by atoms with Crippen LogP contribution >= 0.6 is 0 Å². The number of aliphatic hydroxyl groups excluding tert-OH is 1. The summed E-state index contributed by atoms with van der Waals surface area (Å²) >= 11 is 0. The van der Waals surface area contributed by atoms with Crippen LogP contribution < -0.4 is 9.47 Å². The number of aromatic nitrogens is 1. The monoisotopic (exact) mass is 611 g/mol. The first kappa shape index (κ1) is 30.6. The maximum Gasteiger partial charge on any atom is 0.254 e. The number of fused-ring (bicyclic) bond motifs is 1. The lowest BCUT2D eigenvalue weighted by atomic mass is 10.0. The van der Waals surface area contributed by atoms with E-state index in [1.54, 1.807) is 37.3 Å². The molecule has 3 atom stereocenters. The summed E-state index contributed by atoms with van der Waals surface area (Å²) in [5.74, 6) is 1.43. The molecule has 4 heterocycles. The maximum absolute atomic E-state index is 13.7. The topological polar surface area (TPSA) is 127 Å². The molecule has 0 radical (unpaired) electrons. The molecule has 1 N–H and O–H groups in total. The summed E-state index contributed by atoms with van der Waals surface area (Å²) in [6.07, 6.45) is 3.19. The van der Waals surface area contributed by atoms with Crippen molar-refractivity contribution >= 4 is 17.0 Å². The number of pyridine rings is 1. The van der Waals surface area contributed by atoms with E-state index in [-0.39, 0.29) is 24.1 Å². The molecule has 45 heavy (non-hydrogen) atoms. The Morgan fingerprint density at radius 1 is 1.09 bits per heavy atom. The van der Waals surface area contributed by atoms with E-state index in [0.29, 0.717) is 77.9 Å². The number of methoxy groups -OCH3 is 1. The highest BCUT2D eigenvalue weighted by Crippen LogP contribution is 2.39. The molecule has 6 rings (SSSR count). The molecule has 3 unspecified atom stereocenters. The summed E-state index contributed by atoms with van der Waals surface area (Å²) in [6, 6.07) is 16.5. The molecule has 2 aromatic carbocycles. The summed E-state index contributed by atoms with van der Waals surface area (Å²) in [4.78, 5) is 20.0. The fraction of sp³-hybridized carbons (Fsp3) is 0.400. The van der Waals surface area contributed by atoms with E-state index >= 15 is 0 Å². The predicted molar refractivity (Wildman–Crippen MR) is 167 cm³/mol. The lowest BCUT2D eigenvalue weighted by Crippen LogP contribution is -2.54. The Labute approximate surface area is 262 Å². The fourth-order valence-corrected chi connectivity index (χ4v) is 6.17. The van der Waals surface area contributed by atoms with Gasteiger partial charge in [0.2, 0.25) is 0 Å². The highest BCUT2D eigenvalue weighted by atomic mass is 16.5. The minimum absolute atomic E-state index is 0.0246. The number of hydrogen-bond acceptors (Lipinski definition) is 9. The van der Waals surface area contributed by atoms with Crippen molar-refractivity contribution in [3.63, 3.8) is 0 Å². The molecule has 1 amide bonds. The Balaban J connectivity index is 1.30. The number of benzene rings is 2. The fourth-order valence-electron chi connectivity index (χ4n) is 6.17. The molecular weight excluding hydrogens is 574 g/mol. The highest BCUT2D eigenvalue weighted by molar-refractivity contribution is 5.97. The summed E-state index contributed by atoms with van der Waals surface area (Å²) in [5, 5.41) is 19.9. The summed E-state index contributed by atoms with van der Waals surface area (Å²) in [5.41, 5.74) is 4.40. The van der Waals surface area contributed by atoms with Crippen molar-refractivity contribution in [3.8, 4) is 40.0 Å². The molecule has 2 aromatic heterocycles. The van der Waals surface area contributed by atoms with Crippen molar-refractivity contribution < 1.29 is 33.3 Å². The van der Waals surface area contributed by atoms with Crippen LogP contribution in [-0.4, -0.2) is 78.7 Å². The molecule has 0 spiro atoms. The number of morpholine rings is 1. The van der Waals surface area contributed by atoms with Gasteiger partial charge in [-0.2, -0.15) is 5.26 Å². The van der Waals surface area contributed by atoms with Gasteiger partial charge >= 0.3 is 0 Å². The number of carbonyl (C=O) groups is 1. The third-order valence-electron chi connectivity index (χ3n) is 8.38. The van der Waals surface area contributed by atoms with Crippen LogP contribution in [0, 0.1) is 11.3 Å². The minimum atomic E-state index is -0.558. The van der Waals surface area contributed by atoms with E-state index in [1.165, 1.54) is 0 Å². The lowest BCUT2D eigenvalue weighted by molar-refractivity contribution is -0.0420. The number of furan rings is 1. The van der Waals surface area contributed by atoms with Gasteiger partial charge in [-0.05, 0) is 62.2 Å². The summed E-state index contributed by atoms with van der Waals surface area (Å²) < 4.78 is 29.4. The Kier molecular flexibility index (Phi) is 9.03. The Hall–Kier alpha value is -4.43. The Morgan fingerprint density at radius 2 is 1.91 bits per heavy atom. The van der Waals surface area contributed by atoms with Crippen LogP contribution in [-0.2, 0) is 9.47 Å². The number of rotatable bonds is 8. The van der Waals surface area contributed by atoms with E-state index in [9.17, 15) is 15.2 Å². The third-order valence-corrected chi connectivity index (χ3v) is 8.38. The summed E-state index contributed by atoms with van der Waals surface area (Å²) in [7, 11) is 1.56. The van der Waals surface area contributed by atoms with E-state index in [1.807, 2.05) is 43.3 Å². The van der Waals surface area contributed by atoms with Gasteiger partial charge in [0.1, 0.15) is 34.9 Å². The Morgan fingerprint density at radius 3 is 2.67 bits per heavy atom. The van der Waals surface area contributed by atoms with Crippen LogP contribution in [0.4, 0.5) is 0 Å². The van der Waals surface area contributed by atoms with Crippen LogP contribution in [0.15, 0.2) is 59.1 Å². The first-order valence-electron chi connectivity index (χ1n) is 15.3. The molecule has 2 saturated heterocycles. The number of ether oxygens (including phenoxy) is 4. The van der Waals surface area contributed by atoms with Crippen LogP contribution in [0.1, 0.15) is 49.0 Å². The number of nitrogens with zero attached hydrogens (tertiary/aromatic N) is 3. The second-order valence-corrected chi connectivity index (χ2v) is 11.7. The predicted octanol–water partition coefficient (Wildman–Crippen LogP) is 5.60. The van der Waals surface area contributed by atoms with Crippen molar-refractivity contribution in [3.05, 3.63) is 65.9 Å². The zero-order valence-corrected chi connectivity index (χ0v) is 25.7. The molecule has 0 aliphatic carbocycles. The van der Waals surface area contributed by atoms with Crippen molar-refractivity contribution in [2.45, 2.75) is 57.4 Å². The lowest BCUT2D eigenvalue weighted by Gasteiger charge is -2.41. The molecule has 2 aliphatic rings. The highest BCUT2D eigenvalue weighted by Gasteiger charge is 2.34. The Bertz CT molecular complexity index is 1720. The van der Waals surface area contributed by atoms with Gasteiger partial charge in [-0.25, -0.2) is 0 Å². The first-order chi connectivity index (χ1) is 21.9. The van der Waals surface area contributed by atoms with Gasteiger partial charge in [-0.15, -0.1) is 0 Å². The molecular formula is C35H37N3O7. The quantitative estimate of drug-likeness (QED) is 0.271. The normalized spacial score (nSPS) is 19.7. The van der Waals surface area contributed by atoms with E-state index < -0.39 is 6.10 Å². The van der Waals surface area contributed by atoms with E-state index in [0.717, 1.165) is 24.0 Å². The molecule has 2 fully saturated rings. The number of aliphatic hydroxyl groups is 1. The molecule has 234 valence electrons. The van der Waals surface area contributed by atoms with Gasteiger partial charge in [-0.1, -0.05) is 6.07 Å². The average molecular weight is 612 g/mol. The van der Waals surface area contributed by atoms with Crippen LogP contribution in [0.3, 0.4) is 0 Å². The van der Waals surface area contributed by atoms with Crippen molar-refractivity contribution in [2.75, 3.05) is 33.5 Å². The molecule has 4 aromatic rings. The standard InChI is InChI=1S/C35H37N3O7/c1-21-19-43-20-26(14-22(2)39)38(21)35(40)24-4-6-29(32(16-24)41-3)33-17-30-34(45-33)28(8-11-37-30)23-5-7-31(25(15-23)18-36)44-27-9-12-42-13-10-27/h4-8,11,15-17,21-22,26-27,39H,9-10,12-14,19-20H2,1-3H3. The van der Waals surface area contributed by atoms with E-state index in [2.05, 4.69) is 11.1 Å². The molecule has 10 heteroatoms. The van der Waals surface area contributed by atoms with Crippen molar-refractivity contribution in [1.29, 1.82) is 5.26 Å². The zero-order chi connectivity index (χ0) is 31.5. The molecule has 0 saturated carbocycles. The largest absolute Gasteiger partial charge is 0.496 e. The minimum Gasteiger partial charge on any atom is -0.496 e. The zero-order valence-electron chi connectivity index (χ0n) is 25.7. The SMILES string of the molecule is COc1cc(C(=O)N2C(C)COCC2CC(C)O)ccc1-c1cc2nccc(-c3ccc(OC4CCOCC4)c(C#N)c3)c2o1. The van der Waals surface area contributed by atoms with E-state index in [4.69, 9.17) is 23.4 Å². The first-order valence-corrected chi connectivity index (χ1v) is 15.3. The van der Waals surface area contributed by atoms with Crippen molar-refractivity contribution in [1.82, 2.24) is 9.88 Å². The molecule has 10 nitrogen and oxygen atoms in total. The van der Waals surface area contributed by atoms with Gasteiger partial charge in [0, 0.05) is 36.2 Å². The maximum atomic E-state index is 13.7. The second kappa shape index (κ2) is 13.3. The number of carbonyl (C=O) groups excluding carboxylic acids is 1. The van der Waals surface area contributed by atoms with Gasteiger partial charge in [-0.3, -0.25) is 9.78 Å². The van der Waals surface area contributed by atoms with Gasteiger partial charge < -0.3 is 33.4 Å². The number of amides is 1. The number of hydrogen-bond donors (Lipinski definition) is 1.